The first-order chi connectivity index (χ1) is 11.8. The summed E-state index contributed by atoms with van der Waals surface area (Å²) in [6, 6.07) is 9.48. The van der Waals surface area contributed by atoms with Crippen LogP contribution in [0.15, 0.2) is 36.7 Å². The van der Waals surface area contributed by atoms with E-state index in [-0.39, 0.29) is 0 Å². The molecule has 0 bridgehead atoms. The molecular formula is C20H28N4. The van der Waals surface area contributed by atoms with E-state index in [4.69, 9.17) is 0 Å². The number of nitrogens with zero attached hydrogens (tertiary/aromatic N) is 4. The number of benzene rings is 1. The number of aryl methyl sites for hydroxylation is 1. The molecule has 4 nitrogen and oxygen atoms in total. The standard InChI is InChI=1S/C20H28N4/c1-17-14-19(24-13-5-9-21-24)8-7-18(17)15-22-10-4-6-20(16-22)23-11-2-3-12-23/h5,7-9,13-14,20H,2-4,6,10-12,15-16H2,1H3. The molecule has 4 rings (SSSR count). The van der Waals surface area contributed by atoms with Crippen LogP contribution in [0, 0.1) is 6.92 Å². The average molecular weight is 324 g/mol. The van der Waals surface area contributed by atoms with E-state index in [9.17, 15) is 0 Å². The first-order valence-corrected chi connectivity index (χ1v) is 9.35. The van der Waals surface area contributed by atoms with Gasteiger partial charge < -0.3 is 0 Å². The molecule has 24 heavy (non-hydrogen) atoms. The van der Waals surface area contributed by atoms with Gasteiger partial charge in [-0.05, 0) is 81.6 Å². The van der Waals surface area contributed by atoms with Crippen molar-refractivity contribution in [1.29, 1.82) is 0 Å². The van der Waals surface area contributed by atoms with Crippen molar-refractivity contribution >= 4 is 0 Å². The quantitative estimate of drug-likeness (QED) is 0.863. The van der Waals surface area contributed by atoms with E-state index in [0.29, 0.717) is 0 Å². The second-order valence-corrected chi connectivity index (χ2v) is 7.34. The van der Waals surface area contributed by atoms with Crippen molar-refractivity contribution in [2.75, 3.05) is 26.2 Å². The zero-order chi connectivity index (χ0) is 16.4. The third-order valence-electron chi connectivity index (χ3n) is 5.63. The zero-order valence-corrected chi connectivity index (χ0v) is 14.7. The smallest absolute Gasteiger partial charge is 0.0648 e. The minimum absolute atomic E-state index is 0.782. The summed E-state index contributed by atoms with van der Waals surface area (Å²) in [6.45, 7) is 8.41. The Labute approximate surface area is 145 Å². The summed E-state index contributed by atoms with van der Waals surface area (Å²) in [4.78, 5) is 5.38. The van der Waals surface area contributed by atoms with Crippen molar-refractivity contribution < 1.29 is 0 Å². The average Bonchev–Trinajstić information content (AvgIpc) is 3.31. The monoisotopic (exact) mass is 324 g/mol. The molecule has 0 saturated carbocycles. The Balaban J connectivity index is 1.43. The topological polar surface area (TPSA) is 24.3 Å². The summed E-state index contributed by atoms with van der Waals surface area (Å²) in [7, 11) is 0. The number of hydrogen-bond acceptors (Lipinski definition) is 3. The lowest BCUT2D eigenvalue weighted by molar-refractivity contribution is 0.110. The second kappa shape index (κ2) is 7.08. The summed E-state index contributed by atoms with van der Waals surface area (Å²) in [5.74, 6) is 0. The third kappa shape index (κ3) is 3.40. The molecular weight excluding hydrogens is 296 g/mol. The molecule has 3 heterocycles. The van der Waals surface area contributed by atoms with Gasteiger partial charge in [0.2, 0.25) is 0 Å². The molecule has 2 fully saturated rings. The highest BCUT2D eigenvalue weighted by atomic mass is 15.3. The maximum absolute atomic E-state index is 4.33. The first-order valence-electron chi connectivity index (χ1n) is 9.35. The van der Waals surface area contributed by atoms with Gasteiger partial charge in [-0.1, -0.05) is 6.07 Å². The highest BCUT2D eigenvalue weighted by Gasteiger charge is 2.27. The van der Waals surface area contributed by atoms with E-state index in [2.05, 4.69) is 40.0 Å². The fraction of sp³-hybridized carbons (Fsp3) is 0.550. The number of piperidine rings is 1. The highest BCUT2D eigenvalue weighted by Crippen LogP contribution is 2.23. The fourth-order valence-electron chi connectivity index (χ4n) is 4.24. The summed E-state index contributed by atoms with van der Waals surface area (Å²) in [5, 5.41) is 4.33. The Morgan fingerprint density at radius 1 is 1.12 bits per heavy atom. The van der Waals surface area contributed by atoms with Crippen LogP contribution in [0.4, 0.5) is 0 Å². The Morgan fingerprint density at radius 3 is 2.75 bits per heavy atom. The van der Waals surface area contributed by atoms with Crippen LogP contribution in [0.25, 0.3) is 5.69 Å². The van der Waals surface area contributed by atoms with Crippen molar-refractivity contribution in [1.82, 2.24) is 19.6 Å². The van der Waals surface area contributed by atoms with E-state index in [1.54, 1.807) is 0 Å². The Morgan fingerprint density at radius 2 is 2.00 bits per heavy atom. The molecule has 0 aliphatic carbocycles. The van der Waals surface area contributed by atoms with Gasteiger partial charge in [-0.2, -0.15) is 5.10 Å². The molecule has 2 saturated heterocycles. The normalized spacial score (nSPS) is 23.0. The third-order valence-corrected chi connectivity index (χ3v) is 5.63. The lowest BCUT2D eigenvalue weighted by atomic mass is 10.0. The molecule has 1 atom stereocenters. The van der Waals surface area contributed by atoms with Crippen LogP contribution >= 0.6 is 0 Å². The summed E-state index contributed by atoms with van der Waals surface area (Å²) < 4.78 is 1.93. The van der Waals surface area contributed by atoms with Crippen molar-refractivity contribution in [3.05, 3.63) is 47.8 Å². The SMILES string of the molecule is Cc1cc(-n2cccn2)ccc1CN1CCCC(N2CCCC2)C1. The van der Waals surface area contributed by atoms with Crippen LogP contribution in [0.5, 0.6) is 0 Å². The summed E-state index contributed by atoms with van der Waals surface area (Å²) >= 11 is 0. The fourth-order valence-corrected chi connectivity index (χ4v) is 4.24. The van der Waals surface area contributed by atoms with Gasteiger partial charge in [0.15, 0.2) is 0 Å². The van der Waals surface area contributed by atoms with E-state index >= 15 is 0 Å². The van der Waals surface area contributed by atoms with Gasteiger partial charge in [0.1, 0.15) is 0 Å². The minimum atomic E-state index is 0.782. The van der Waals surface area contributed by atoms with Crippen LogP contribution in [0.1, 0.15) is 36.8 Å². The van der Waals surface area contributed by atoms with Crippen molar-refractivity contribution in [2.24, 2.45) is 0 Å². The lowest BCUT2D eigenvalue weighted by Crippen LogP contribution is -2.46. The van der Waals surface area contributed by atoms with Gasteiger partial charge in [0, 0.05) is 31.5 Å². The van der Waals surface area contributed by atoms with Crippen molar-refractivity contribution in [3.63, 3.8) is 0 Å². The van der Waals surface area contributed by atoms with Crippen molar-refractivity contribution in [2.45, 2.75) is 45.2 Å². The van der Waals surface area contributed by atoms with Crippen LogP contribution < -0.4 is 0 Å². The van der Waals surface area contributed by atoms with Crippen LogP contribution in [0.3, 0.4) is 0 Å². The van der Waals surface area contributed by atoms with Gasteiger partial charge >= 0.3 is 0 Å². The van der Waals surface area contributed by atoms with Gasteiger partial charge in [-0.15, -0.1) is 0 Å². The van der Waals surface area contributed by atoms with Crippen LogP contribution in [-0.4, -0.2) is 51.8 Å². The Hall–Kier alpha value is -1.65. The zero-order valence-electron chi connectivity index (χ0n) is 14.7. The van der Waals surface area contributed by atoms with Gasteiger partial charge in [-0.25, -0.2) is 4.68 Å². The van der Waals surface area contributed by atoms with Gasteiger partial charge in [0.05, 0.1) is 5.69 Å². The van der Waals surface area contributed by atoms with E-state index in [1.165, 1.54) is 63.0 Å². The number of likely N-dealkylation sites (tertiary alicyclic amines) is 2. The predicted molar refractivity (Wildman–Crippen MR) is 97.4 cm³/mol. The molecule has 0 N–H and O–H groups in total. The highest BCUT2D eigenvalue weighted by molar-refractivity contribution is 5.39. The lowest BCUT2D eigenvalue weighted by Gasteiger charge is -2.37. The largest absolute Gasteiger partial charge is 0.299 e. The molecule has 1 aromatic heterocycles. The van der Waals surface area contributed by atoms with E-state index < -0.39 is 0 Å². The molecule has 0 spiro atoms. The molecule has 4 heteroatoms. The Kier molecular flexibility index (Phi) is 4.67. The molecule has 0 amide bonds. The van der Waals surface area contributed by atoms with E-state index in [1.807, 2.05) is 23.1 Å². The Bertz CT molecular complexity index is 658. The first kappa shape index (κ1) is 15.9. The maximum Gasteiger partial charge on any atom is 0.0648 e. The van der Waals surface area contributed by atoms with Crippen molar-refractivity contribution in [3.8, 4) is 5.69 Å². The maximum atomic E-state index is 4.33. The summed E-state index contributed by atoms with van der Waals surface area (Å²) in [5.41, 5.74) is 3.97. The van der Waals surface area contributed by atoms with E-state index in [0.717, 1.165) is 18.3 Å². The molecule has 2 aromatic rings. The van der Waals surface area contributed by atoms with Gasteiger partial charge in [0.25, 0.3) is 0 Å². The summed E-state index contributed by atoms with van der Waals surface area (Å²) in [6.07, 6.45) is 9.34. The van der Waals surface area contributed by atoms with Crippen LogP contribution in [0.2, 0.25) is 0 Å². The van der Waals surface area contributed by atoms with Crippen LogP contribution in [-0.2, 0) is 6.54 Å². The molecule has 1 aromatic carbocycles. The number of rotatable bonds is 4. The molecule has 2 aliphatic rings. The second-order valence-electron chi connectivity index (χ2n) is 7.34. The molecule has 1 unspecified atom stereocenters. The number of aromatic nitrogens is 2. The molecule has 0 radical (unpaired) electrons. The molecule has 128 valence electrons. The predicted octanol–water partition coefficient (Wildman–Crippen LogP) is 3.24. The van der Waals surface area contributed by atoms with Gasteiger partial charge in [-0.3, -0.25) is 9.80 Å². The number of hydrogen-bond donors (Lipinski definition) is 0. The molecule has 2 aliphatic heterocycles. The minimum Gasteiger partial charge on any atom is -0.299 e.